The zero-order valence-corrected chi connectivity index (χ0v) is 11.5. The van der Waals surface area contributed by atoms with Crippen LogP contribution >= 0.6 is 0 Å². The Kier molecular flexibility index (Phi) is 4.14. The number of nitrogens with one attached hydrogen (secondary N) is 1. The smallest absolute Gasteiger partial charge is 0.238 e. The van der Waals surface area contributed by atoms with E-state index in [1.807, 2.05) is 31.2 Å². The molecule has 5 heteroatoms. The van der Waals surface area contributed by atoms with Crippen LogP contribution in [0.4, 0.5) is 0 Å². The summed E-state index contributed by atoms with van der Waals surface area (Å²) < 4.78 is 11.1. The highest BCUT2D eigenvalue weighted by atomic mass is 32.2. The molecule has 18 heavy (non-hydrogen) atoms. The van der Waals surface area contributed by atoms with Gasteiger partial charge in [0.15, 0.2) is 0 Å². The lowest BCUT2D eigenvalue weighted by Gasteiger charge is -2.24. The van der Waals surface area contributed by atoms with Gasteiger partial charge >= 0.3 is 0 Å². The fourth-order valence-corrected chi connectivity index (χ4v) is 2.52. The van der Waals surface area contributed by atoms with Gasteiger partial charge in [0, 0.05) is 29.4 Å². The summed E-state index contributed by atoms with van der Waals surface area (Å²) in [6.07, 6.45) is 1.58. The van der Waals surface area contributed by atoms with E-state index in [1.54, 1.807) is 11.2 Å². The Morgan fingerprint density at radius 1 is 1.39 bits per heavy atom. The number of benzene rings is 1. The third-order valence-electron chi connectivity index (χ3n) is 3.09. The molecule has 2 atom stereocenters. The first-order chi connectivity index (χ1) is 8.58. The van der Waals surface area contributed by atoms with Gasteiger partial charge in [0.2, 0.25) is 5.91 Å². The molecule has 1 aromatic rings. The summed E-state index contributed by atoms with van der Waals surface area (Å²) in [5, 5.41) is 3.19. The molecule has 1 aliphatic heterocycles. The van der Waals surface area contributed by atoms with E-state index in [-0.39, 0.29) is 12.1 Å². The SMILES string of the molecule is Cc1ccc(C2NCC(=O)N2CCS(C)=O)cc1. The Balaban J connectivity index is 2.13. The van der Waals surface area contributed by atoms with Crippen molar-refractivity contribution in [3.63, 3.8) is 0 Å². The van der Waals surface area contributed by atoms with Crippen LogP contribution < -0.4 is 5.32 Å². The van der Waals surface area contributed by atoms with Gasteiger partial charge in [0.1, 0.15) is 6.17 Å². The zero-order valence-electron chi connectivity index (χ0n) is 10.7. The third kappa shape index (κ3) is 2.97. The molecule has 2 rings (SSSR count). The molecule has 0 spiro atoms. The Morgan fingerprint density at radius 2 is 2.06 bits per heavy atom. The lowest BCUT2D eigenvalue weighted by Crippen LogP contribution is -2.33. The van der Waals surface area contributed by atoms with Crippen LogP contribution in [0.3, 0.4) is 0 Å². The highest BCUT2D eigenvalue weighted by molar-refractivity contribution is 7.84. The molecule has 98 valence electrons. The highest BCUT2D eigenvalue weighted by Crippen LogP contribution is 2.22. The van der Waals surface area contributed by atoms with E-state index in [0.717, 1.165) is 5.56 Å². The van der Waals surface area contributed by atoms with Gasteiger partial charge in [-0.05, 0) is 12.5 Å². The fraction of sp³-hybridized carbons (Fsp3) is 0.462. The highest BCUT2D eigenvalue weighted by Gasteiger charge is 2.31. The lowest BCUT2D eigenvalue weighted by molar-refractivity contribution is -0.127. The maximum atomic E-state index is 11.8. The van der Waals surface area contributed by atoms with E-state index in [0.29, 0.717) is 18.8 Å². The predicted molar refractivity (Wildman–Crippen MR) is 72.6 cm³/mol. The van der Waals surface area contributed by atoms with Gasteiger partial charge in [0.25, 0.3) is 0 Å². The fourth-order valence-electron chi connectivity index (χ4n) is 2.07. The number of nitrogens with zero attached hydrogens (tertiary/aromatic N) is 1. The second kappa shape index (κ2) is 5.63. The van der Waals surface area contributed by atoms with Crippen LogP contribution in [0.15, 0.2) is 24.3 Å². The van der Waals surface area contributed by atoms with Crippen molar-refractivity contribution in [2.75, 3.05) is 25.1 Å². The van der Waals surface area contributed by atoms with Gasteiger partial charge in [-0.25, -0.2) is 0 Å². The van der Waals surface area contributed by atoms with E-state index in [2.05, 4.69) is 5.32 Å². The standard InChI is InChI=1S/C13H18N2O2S/c1-10-3-5-11(6-4-10)13-14-9-12(16)15(13)7-8-18(2)17/h3-6,13-14H,7-9H2,1-2H3. The molecule has 0 aliphatic carbocycles. The normalized spacial score (nSPS) is 21.3. The topological polar surface area (TPSA) is 49.4 Å². The van der Waals surface area contributed by atoms with Gasteiger partial charge < -0.3 is 4.90 Å². The van der Waals surface area contributed by atoms with Crippen molar-refractivity contribution in [1.29, 1.82) is 0 Å². The second-order valence-corrected chi connectivity index (χ2v) is 6.11. The number of rotatable bonds is 4. The molecule has 1 aliphatic rings. The quantitative estimate of drug-likeness (QED) is 0.877. The van der Waals surface area contributed by atoms with Crippen molar-refractivity contribution in [1.82, 2.24) is 10.2 Å². The number of hydrogen-bond acceptors (Lipinski definition) is 3. The summed E-state index contributed by atoms with van der Waals surface area (Å²) in [6.45, 7) is 2.93. The molecule has 1 heterocycles. The van der Waals surface area contributed by atoms with E-state index in [4.69, 9.17) is 0 Å². The maximum absolute atomic E-state index is 11.8. The molecule has 4 nitrogen and oxygen atoms in total. The molecule has 0 saturated carbocycles. The van der Waals surface area contributed by atoms with E-state index < -0.39 is 10.8 Å². The van der Waals surface area contributed by atoms with Crippen LogP contribution in [0, 0.1) is 6.92 Å². The van der Waals surface area contributed by atoms with Crippen molar-refractivity contribution in [3.8, 4) is 0 Å². The average Bonchev–Trinajstić information content (AvgIpc) is 2.69. The van der Waals surface area contributed by atoms with Gasteiger partial charge in [-0.1, -0.05) is 29.8 Å². The Bertz CT molecular complexity index is 459. The first-order valence-corrected chi connectivity index (χ1v) is 7.70. The summed E-state index contributed by atoms with van der Waals surface area (Å²) in [4.78, 5) is 13.6. The lowest BCUT2D eigenvalue weighted by atomic mass is 10.1. The molecule has 1 saturated heterocycles. The first-order valence-electron chi connectivity index (χ1n) is 5.97. The summed E-state index contributed by atoms with van der Waals surface area (Å²) in [6, 6.07) is 8.13. The van der Waals surface area contributed by atoms with Crippen LogP contribution in [-0.4, -0.2) is 40.1 Å². The maximum Gasteiger partial charge on any atom is 0.238 e. The minimum absolute atomic E-state index is 0.0750. The number of amides is 1. The number of carbonyl (C=O) groups excluding carboxylic acids is 1. The third-order valence-corrected chi connectivity index (χ3v) is 3.85. The van der Waals surface area contributed by atoms with Gasteiger partial charge in [-0.15, -0.1) is 0 Å². The van der Waals surface area contributed by atoms with Crippen molar-refractivity contribution in [2.45, 2.75) is 13.1 Å². The number of hydrogen-bond donors (Lipinski definition) is 1. The zero-order chi connectivity index (χ0) is 13.1. The van der Waals surface area contributed by atoms with E-state index in [9.17, 15) is 9.00 Å². The summed E-state index contributed by atoms with van der Waals surface area (Å²) in [5.74, 6) is 0.599. The van der Waals surface area contributed by atoms with Crippen molar-refractivity contribution in [3.05, 3.63) is 35.4 Å². The van der Waals surface area contributed by atoms with Crippen molar-refractivity contribution >= 4 is 16.7 Å². The second-order valence-electron chi connectivity index (χ2n) is 4.56. The van der Waals surface area contributed by atoms with Crippen LogP contribution in [0.5, 0.6) is 0 Å². The average molecular weight is 266 g/mol. The largest absolute Gasteiger partial charge is 0.321 e. The number of carbonyl (C=O) groups is 1. The molecule has 1 fully saturated rings. The van der Waals surface area contributed by atoms with E-state index >= 15 is 0 Å². The molecule has 0 radical (unpaired) electrons. The Hall–Kier alpha value is -1.20. The molecule has 0 aromatic heterocycles. The monoisotopic (exact) mass is 266 g/mol. The Morgan fingerprint density at radius 3 is 2.67 bits per heavy atom. The molecule has 2 unspecified atom stereocenters. The predicted octanol–water partition coefficient (Wildman–Crippen LogP) is 0.804. The molecular formula is C13H18N2O2S. The van der Waals surface area contributed by atoms with Crippen LogP contribution in [0.25, 0.3) is 0 Å². The van der Waals surface area contributed by atoms with Crippen molar-refractivity contribution < 1.29 is 9.00 Å². The summed E-state index contributed by atoms with van der Waals surface area (Å²) >= 11 is 0. The molecule has 1 amide bonds. The van der Waals surface area contributed by atoms with Crippen LogP contribution in [-0.2, 0) is 15.6 Å². The molecule has 0 bridgehead atoms. The number of aryl methyl sites for hydroxylation is 1. The first kappa shape index (κ1) is 13.2. The van der Waals surface area contributed by atoms with Gasteiger partial charge in [0.05, 0.1) is 6.54 Å². The van der Waals surface area contributed by atoms with Crippen LogP contribution in [0.1, 0.15) is 17.3 Å². The Labute approximate surface area is 110 Å². The van der Waals surface area contributed by atoms with Gasteiger partial charge in [-0.3, -0.25) is 14.3 Å². The molecule has 1 aromatic carbocycles. The summed E-state index contributed by atoms with van der Waals surface area (Å²) in [7, 11) is -0.873. The van der Waals surface area contributed by atoms with Crippen LogP contribution in [0.2, 0.25) is 0 Å². The van der Waals surface area contributed by atoms with Gasteiger partial charge in [-0.2, -0.15) is 0 Å². The minimum Gasteiger partial charge on any atom is -0.321 e. The molecule has 1 N–H and O–H groups in total. The van der Waals surface area contributed by atoms with Crippen molar-refractivity contribution in [2.24, 2.45) is 0 Å². The summed E-state index contributed by atoms with van der Waals surface area (Å²) in [5.41, 5.74) is 2.28. The minimum atomic E-state index is -0.873. The molecular weight excluding hydrogens is 248 g/mol. The van der Waals surface area contributed by atoms with E-state index in [1.165, 1.54) is 5.56 Å².